The first-order chi connectivity index (χ1) is 12.4. The van der Waals surface area contributed by atoms with E-state index in [2.05, 4.69) is 10.6 Å². The second-order valence-corrected chi connectivity index (χ2v) is 7.05. The van der Waals surface area contributed by atoms with Crippen LogP contribution in [0.3, 0.4) is 0 Å². The van der Waals surface area contributed by atoms with E-state index >= 15 is 0 Å². The first-order valence-corrected chi connectivity index (χ1v) is 9.17. The van der Waals surface area contributed by atoms with E-state index in [0.29, 0.717) is 10.6 Å². The van der Waals surface area contributed by atoms with E-state index in [0.717, 1.165) is 0 Å². The van der Waals surface area contributed by atoms with E-state index < -0.39 is 24.0 Å². The molecule has 0 spiro atoms. The Hall–Kier alpha value is -2.67. The zero-order valence-corrected chi connectivity index (χ0v) is 15.7. The molecule has 0 bridgehead atoms. The summed E-state index contributed by atoms with van der Waals surface area (Å²) in [7, 11) is 0. The molecule has 1 aromatic carbocycles. The van der Waals surface area contributed by atoms with Crippen molar-refractivity contribution in [3.63, 3.8) is 0 Å². The lowest BCUT2D eigenvalue weighted by Gasteiger charge is -2.22. The Morgan fingerprint density at radius 2 is 1.69 bits per heavy atom. The lowest BCUT2D eigenvalue weighted by atomic mass is 10.0. The number of amides is 2. The summed E-state index contributed by atoms with van der Waals surface area (Å²) in [4.78, 5) is 37.3. The third kappa shape index (κ3) is 5.42. The largest absolute Gasteiger partial charge is 0.451 e. The molecule has 2 amide bonds. The molecule has 138 valence electrons. The SMILES string of the molecule is CC(C)[C@H](NC(=O)c1cccs1)C(=O)O[C@@H](C)C(=O)Nc1ccccc1. The minimum Gasteiger partial charge on any atom is -0.451 e. The number of benzene rings is 1. The molecule has 0 unspecified atom stereocenters. The lowest BCUT2D eigenvalue weighted by Crippen LogP contribution is -2.47. The zero-order valence-electron chi connectivity index (χ0n) is 14.9. The minimum atomic E-state index is -0.984. The number of carbonyl (C=O) groups is 3. The Morgan fingerprint density at radius 1 is 1.00 bits per heavy atom. The molecule has 1 aromatic heterocycles. The quantitative estimate of drug-likeness (QED) is 0.730. The number of hydrogen-bond acceptors (Lipinski definition) is 5. The van der Waals surface area contributed by atoms with Gasteiger partial charge in [0.05, 0.1) is 4.88 Å². The predicted octanol–water partition coefficient (Wildman–Crippen LogP) is 3.07. The number of para-hydroxylation sites is 1. The van der Waals surface area contributed by atoms with Crippen LogP contribution in [-0.4, -0.2) is 29.9 Å². The smallest absolute Gasteiger partial charge is 0.329 e. The maximum Gasteiger partial charge on any atom is 0.329 e. The maximum absolute atomic E-state index is 12.4. The molecular weight excluding hydrogens is 352 g/mol. The molecule has 2 aromatic rings. The van der Waals surface area contributed by atoms with Crippen molar-refractivity contribution in [2.24, 2.45) is 5.92 Å². The summed E-state index contributed by atoms with van der Waals surface area (Å²) in [5, 5.41) is 7.14. The number of esters is 1. The fraction of sp³-hybridized carbons (Fsp3) is 0.316. The van der Waals surface area contributed by atoms with Gasteiger partial charge in [-0.1, -0.05) is 38.1 Å². The molecule has 0 saturated heterocycles. The second kappa shape index (κ2) is 9.15. The summed E-state index contributed by atoms with van der Waals surface area (Å²) in [6.07, 6.45) is -0.984. The molecule has 2 rings (SSSR count). The summed E-state index contributed by atoms with van der Waals surface area (Å²) >= 11 is 1.29. The number of thiophene rings is 1. The van der Waals surface area contributed by atoms with Crippen LogP contribution in [0.25, 0.3) is 0 Å². The monoisotopic (exact) mass is 374 g/mol. The number of ether oxygens (including phenoxy) is 1. The van der Waals surface area contributed by atoms with Crippen LogP contribution in [0.4, 0.5) is 5.69 Å². The predicted molar refractivity (Wildman–Crippen MR) is 101 cm³/mol. The molecule has 26 heavy (non-hydrogen) atoms. The highest BCUT2D eigenvalue weighted by Gasteiger charge is 2.29. The Morgan fingerprint density at radius 3 is 2.27 bits per heavy atom. The molecular formula is C19H22N2O4S. The van der Waals surface area contributed by atoms with E-state index in [1.165, 1.54) is 18.3 Å². The zero-order chi connectivity index (χ0) is 19.1. The van der Waals surface area contributed by atoms with Crippen molar-refractivity contribution < 1.29 is 19.1 Å². The van der Waals surface area contributed by atoms with Crippen molar-refractivity contribution in [2.45, 2.75) is 32.9 Å². The highest BCUT2D eigenvalue weighted by molar-refractivity contribution is 7.12. The van der Waals surface area contributed by atoms with Gasteiger partial charge in [-0.25, -0.2) is 4.79 Å². The third-order valence-corrected chi connectivity index (χ3v) is 4.52. The van der Waals surface area contributed by atoms with E-state index in [9.17, 15) is 14.4 Å². The van der Waals surface area contributed by atoms with E-state index in [1.54, 1.807) is 55.6 Å². The average Bonchev–Trinajstić information content (AvgIpc) is 3.14. The van der Waals surface area contributed by atoms with Crippen LogP contribution in [-0.2, 0) is 14.3 Å². The Bertz CT molecular complexity index is 744. The number of rotatable bonds is 7. The van der Waals surface area contributed by atoms with E-state index in [4.69, 9.17) is 4.74 Å². The number of carbonyl (C=O) groups excluding carboxylic acids is 3. The van der Waals surface area contributed by atoms with Crippen LogP contribution in [0, 0.1) is 5.92 Å². The average molecular weight is 374 g/mol. The summed E-state index contributed by atoms with van der Waals surface area (Å²) in [6, 6.07) is 11.5. The van der Waals surface area contributed by atoms with E-state index in [-0.39, 0.29) is 11.8 Å². The van der Waals surface area contributed by atoms with Gasteiger partial charge in [-0.05, 0) is 36.4 Å². The first-order valence-electron chi connectivity index (χ1n) is 8.29. The van der Waals surface area contributed by atoms with E-state index in [1.807, 2.05) is 6.07 Å². The highest BCUT2D eigenvalue weighted by Crippen LogP contribution is 2.12. The topological polar surface area (TPSA) is 84.5 Å². The molecule has 0 aliphatic carbocycles. The fourth-order valence-electron chi connectivity index (χ4n) is 2.18. The molecule has 0 aliphatic heterocycles. The summed E-state index contributed by atoms with van der Waals surface area (Å²) < 4.78 is 5.26. The van der Waals surface area contributed by atoms with Crippen molar-refractivity contribution in [1.82, 2.24) is 5.32 Å². The van der Waals surface area contributed by atoms with Crippen LogP contribution in [0.15, 0.2) is 47.8 Å². The minimum absolute atomic E-state index is 0.184. The van der Waals surface area contributed by atoms with Gasteiger partial charge in [0.2, 0.25) is 0 Å². The lowest BCUT2D eigenvalue weighted by molar-refractivity contribution is -0.156. The molecule has 0 aliphatic rings. The van der Waals surface area contributed by atoms with Crippen molar-refractivity contribution >= 4 is 34.8 Å². The number of anilines is 1. The van der Waals surface area contributed by atoms with Gasteiger partial charge >= 0.3 is 5.97 Å². The van der Waals surface area contributed by atoms with Crippen LogP contribution in [0.2, 0.25) is 0 Å². The summed E-state index contributed by atoms with van der Waals surface area (Å²) in [6.45, 7) is 5.10. The molecule has 6 nitrogen and oxygen atoms in total. The van der Waals surface area contributed by atoms with Crippen LogP contribution < -0.4 is 10.6 Å². The van der Waals surface area contributed by atoms with Gasteiger partial charge in [0.1, 0.15) is 6.04 Å². The number of nitrogens with one attached hydrogen (secondary N) is 2. The van der Waals surface area contributed by atoms with Gasteiger partial charge in [0.25, 0.3) is 11.8 Å². The molecule has 0 fully saturated rings. The first kappa shape index (κ1) is 19.7. The molecule has 7 heteroatoms. The Kier molecular flexibility index (Phi) is 6.91. The third-order valence-electron chi connectivity index (χ3n) is 3.66. The molecule has 0 radical (unpaired) electrons. The van der Waals surface area contributed by atoms with Gasteiger partial charge in [0, 0.05) is 5.69 Å². The van der Waals surface area contributed by atoms with Gasteiger partial charge in [0.15, 0.2) is 6.10 Å². The van der Waals surface area contributed by atoms with Gasteiger partial charge < -0.3 is 15.4 Å². The molecule has 2 atom stereocenters. The molecule has 2 N–H and O–H groups in total. The van der Waals surface area contributed by atoms with Crippen LogP contribution in [0.1, 0.15) is 30.4 Å². The summed E-state index contributed by atoms with van der Waals surface area (Å²) in [5.74, 6) is -1.59. The molecule has 1 heterocycles. The Balaban J connectivity index is 1.95. The van der Waals surface area contributed by atoms with Gasteiger partial charge in [-0.2, -0.15) is 0 Å². The van der Waals surface area contributed by atoms with Crippen LogP contribution >= 0.6 is 11.3 Å². The maximum atomic E-state index is 12.4. The van der Waals surface area contributed by atoms with Crippen molar-refractivity contribution in [3.8, 4) is 0 Å². The number of hydrogen-bond donors (Lipinski definition) is 2. The summed E-state index contributed by atoms with van der Waals surface area (Å²) in [5.41, 5.74) is 0.617. The van der Waals surface area contributed by atoms with Crippen LogP contribution in [0.5, 0.6) is 0 Å². The fourth-order valence-corrected chi connectivity index (χ4v) is 2.81. The van der Waals surface area contributed by atoms with Crippen molar-refractivity contribution in [2.75, 3.05) is 5.32 Å². The van der Waals surface area contributed by atoms with Crippen molar-refractivity contribution in [1.29, 1.82) is 0 Å². The molecule has 0 saturated carbocycles. The van der Waals surface area contributed by atoms with Gasteiger partial charge in [-0.15, -0.1) is 11.3 Å². The van der Waals surface area contributed by atoms with Gasteiger partial charge in [-0.3, -0.25) is 9.59 Å². The second-order valence-electron chi connectivity index (χ2n) is 6.11. The van der Waals surface area contributed by atoms with Crippen molar-refractivity contribution in [3.05, 3.63) is 52.7 Å². The normalized spacial score (nSPS) is 12.9. The standard InChI is InChI=1S/C19H22N2O4S/c1-12(2)16(21-18(23)15-10-7-11-26-15)19(24)25-13(3)17(22)20-14-8-5-4-6-9-14/h4-13,16H,1-3H3,(H,20,22)(H,21,23)/t13-,16-/m0/s1. The highest BCUT2D eigenvalue weighted by atomic mass is 32.1. The Labute approximate surface area is 156 Å².